The molecule has 0 unspecified atom stereocenters. The SMILES string of the molecule is CC(C)C1=CNC=CN1. The van der Waals surface area contributed by atoms with E-state index in [9.17, 15) is 0 Å². The van der Waals surface area contributed by atoms with E-state index in [0.717, 1.165) is 0 Å². The minimum atomic E-state index is 0.572. The Bertz CT molecular complexity index is 145. The van der Waals surface area contributed by atoms with Crippen molar-refractivity contribution in [1.29, 1.82) is 0 Å². The first-order valence-electron chi connectivity index (χ1n) is 3.18. The molecule has 0 amide bonds. The molecule has 50 valence electrons. The zero-order valence-electron chi connectivity index (χ0n) is 5.81. The Balaban J connectivity index is 2.50. The summed E-state index contributed by atoms with van der Waals surface area (Å²) in [4.78, 5) is 0. The molecule has 0 saturated carbocycles. The van der Waals surface area contributed by atoms with Gasteiger partial charge in [-0.2, -0.15) is 0 Å². The number of hydrogen-bond acceptors (Lipinski definition) is 2. The van der Waals surface area contributed by atoms with Crippen LogP contribution in [0.4, 0.5) is 0 Å². The fraction of sp³-hybridized carbons (Fsp3) is 0.429. The number of rotatable bonds is 1. The second-order valence-electron chi connectivity index (χ2n) is 2.40. The largest absolute Gasteiger partial charge is 0.365 e. The molecule has 2 heteroatoms. The maximum absolute atomic E-state index is 3.14. The summed E-state index contributed by atoms with van der Waals surface area (Å²) in [5.74, 6) is 0.572. The Morgan fingerprint density at radius 1 is 1.33 bits per heavy atom. The van der Waals surface area contributed by atoms with Crippen LogP contribution in [-0.4, -0.2) is 0 Å². The van der Waals surface area contributed by atoms with Gasteiger partial charge < -0.3 is 10.6 Å². The maximum atomic E-state index is 3.14. The molecule has 0 saturated heterocycles. The van der Waals surface area contributed by atoms with Gasteiger partial charge in [-0.3, -0.25) is 0 Å². The molecular formula is C7H12N2. The summed E-state index contributed by atoms with van der Waals surface area (Å²) in [6, 6.07) is 0. The molecule has 0 atom stereocenters. The predicted molar refractivity (Wildman–Crippen MR) is 38.3 cm³/mol. The highest BCUT2D eigenvalue weighted by Gasteiger charge is 2.00. The Morgan fingerprint density at radius 3 is 2.44 bits per heavy atom. The molecule has 0 radical (unpaired) electrons. The van der Waals surface area contributed by atoms with Crippen molar-refractivity contribution in [3.05, 3.63) is 24.3 Å². The van der Waals surface area contributed by atoms with E-state index < -0.39 is 0 Å². The first-order valence-corrected chi connectivity index (χ1v) is 3.18. The van der Waals surface area contributed by atoms with Gasteiger partial charge in [-0.15, -0.1) is 0 Å². The van der Waals surface area contributed by atoms with Gasteiger partial charge in [0.1, 0.15) is 0 Å². The summed E-state index contributed by atoms with van der Waals surface area (Å²) in [6.07, 6.45) is 5.74. The summed E-state index contributed by atoms with van der Waals surface area (Å²) in [5.41, 5.74) is 1.23. The number of nitrogens with one attached hydrogen (secondary N) is 2. The van der Waals surface area contributed by atoms with Crippen LogP contribution in [0, 0.1) is 5.92 Å². The van der Waals surface area contributed by atoms with E-state index in [4.69, 9.17) is 0 Å². The van der Waals surface area contributed by atoms with Crippen LogP contribution in [0.1, 0.15) is 13.8 Å². The molecule has 1 aliphatic heterocycles. The summed E-state index contributed by atoms with van der Waals surface area (Å²) in [7, 11) is 0. The highest BCUT2D eigenvalue weighted by molar-refractivity contribution is 5.10. The molecule has 0 aliphatic carbocycles. The number of allylic oxidation sites excluding steroid dienone is 1. The van der Waals surface area contributed by atoms with Crippen molar-refractivity contribution in [2.75, 3.05) is 0 Å². The molecule has 9 heavy (non-hydrogen) atoms. The van der Waals surface area contributed by atoms with Crippen molar-refractivity contribution in [1.82, 2.24) is 10.6 Å². The fourth-order valence-electron chi connectivity index (χ4n) is 0.699. The molecule has 0 aromatic heterocycles. The summed E-state index contributed by atoms with van der Waals surface area (Å²) >= 11 is 0. The lowest BCUT2D eigenvalue weighted by molar-refractivity contribution is 0.695. The van der Waals surface area contributed by atoms with E-state index in [-0.39, 0.29) is 0 Å². The van der Waals surface area contributed by atoms with Crippen molar-refractivity contribution in [2.24, 2.45) is 5.92 Å². The van der Waals surface area contributed by atoms with Crippen LogP contribution in [0.15, 0.2) is 24.3 Å². The molecule has 0 aromatic carbocycles. The smallest absolute Gasteiger partial charge is 0.0335 e. The first-order chi connectivity index (χ1) is 4.30. The Labute approximate surface area is 55.6 Å². The van der Waals surface area contributed by atoms with Crippen LogP contribution in [0.2, 0.25) is 0 Å². The van der Waals surface area contributed by atoms with Gasteiger partial charge in [0.2, 0.25) is 0 Å². The first kappa shape index (κ1) is 6.20. The maximum Gasteiger partial charge on any atom is 0.0335 e. The third-order valence-electron chi connectivity index (χ3n) is 1.29. The van der Waals surface area contributed by atoms with Gasteiger partial charge in [0.25, 0.3) is 0 Å². The topological polar surface area (TPSA) is 24.1 Å². The van der Waals surface area contributed by atoms with Crippen LogP contribution < -0.4 is 10.6 Å². The molecule has 1 heterocycles. The third-order valence-corrected chi connectivity index (χ3v) is 1.29. The van der Waals surface area contributed by atoms with Crippen molar-refractivity contribution < 1.29 is 0 Å². The van der Waals surface area contributed by atoms with Crippen LogP contribution in [0.5, 0.6) is 0 Å². The lowest BCUT2D eigenvalue weighted by Crippen LogP contribution is -2.18. The third kappa shape index (κ3) is 1.49. The summed E-state index contributed by atoms with van der Waals surface area (Å²) < 4.78 is 0. The normalized spacial score (nSPS) is 16.6. The lowest BCUT2D eigenvalue weighted by Gasteiger charge is -2.13. The second-order valence-corrected chi connectivity index (χ2v) is 2.40. The zero-order valence-corrected chi connectivity index (χ0v) is 5.81. The Hall–Kier alpha value is -0.920. The van der Waals surface area contributed by atoms with E-state index >= 15 is 0 Å². The van der Waals surface area contributed by atoms with E-state index in [1.165, 1.54) is 5.70 Å². The molecule has 2 nitrogen and oxygen atoms in total. The van der Waals surface area contributed by atoms with Crippen LogP contribution in [0.3, 0.4) is 0 Å². The molecule has 0 bridgehead atoms. The van der Waals surface area contributed by atoms with Crippen LogP contribution in [-0.2, 0) is 0 Å². The van der Waals surface area contributed by atoms with Gasteiger partial charge in [0, 0.05) is 24.3 Å². The quantitative estimate of drug-likeness (QED) is 0.548. The molecule has 0 aromatic rings. The van der Waals surface area contributed by atoms with Gasteiger partial charge in [0.15, 0.2) is 0 Å². The minimum Gasteiger partial charge on any atom is -0.365 e. The lowest BCUT2D eigenvalue weighted by atomic mass is 10.1. The van der Waals surface area contributed by atoms with Crippen molar-refractivity contribution in [2.45, 2.75) is 13.8 Å². The average molecular weight is 124 g/mol. The summed E-state index contributed by atoms with van der Waals surface area (Å²) in [5, 5.41) is 6.15. The highest BCUT2D eigenvalue weighted by Crippen LogP contribution is 2.05. The molecule has 0 spiro atoms. The molecule has 2 N–H and O–H groups in total. The van der Waals surface area contributed by atoms with Crippen LogP contribution >= 0.6 is 0 Å². The predicted octanol–water partition coefficient (Wildman–Crippen LogP) is 1.15. The molecular weight excluding hydrogens is 112 g/mol. The number of hydrogen-bond donors (Lipinski definition) is 2. The van der Waals surface area contributed by atoms with Gasteiger partial charge in [-0.25, -0.2) is 0 Å². The molecule has 1 aliphatic rings. The van der Waals surface area contributed by atoms with Crippen LogP contribution in [0.25, 0.3) is 0 Å². The van der Waals surface area contributed by atoms with Gasteiger partial charge in [-0.05, 0) is 5.92 Å². The second kappa shape index (κ2) is 2.58. The van der Waals surface area contributed by atoms with Crippen molar-refractivity contribution in [3.63, 3.8) is 0 Å². The highest BCUT2D eigenvalue weighted by atomic mass is 15.0. The van der Waals surface area contributed by atoms with E-state index in [0.29, 0.717) is 5.92 Å². The average Bonchev–Trinajstić information content (AvgIpc) is 1.90. The Morgan fingerprint density at radius 2 is 2.11 bits per heavy atom. The monoisotopic (exact) mass is 124 g/mol. The van der Waals surface area contributed by atoms with Crippen molar-refractivity contribution >= 4 is 0 Å². The molecule has 0 fully saturated rings. The van der Waals surface area contributed by atoms with Crippen molar-refractivity contribution in [3.8, 4) is 0 Å². The standard InChI is InChI=1S/C7H12N2/c1-6(2)7-5-8-3-4-9-7/h3-6,8-9H,1-2H3. The van der Waals surface area contributed by atoms with Gasteiger partial charge in [0.05, 0.1) is 0 Å². The fourth-order valence-corrected chi connectivity index (χ4v) is 0.699. The zero-order chi connectivity index (χ0) is 6.69. The minimum absolute atomic E-state index is 0.572. The van der Waals surface area contributed by atoms with Gasteiger partial charge >= 0.3 is 0 Å². The summed E-state index contributed by atoms with van der Waals surface area (Å²) in [6.45, 7) is 4.30. The van der Waals surface area contributed by atoms with E-state index in [2.05, 4.69) is 24.5 Å². The molecule has 1 rings (SSSR count). The van der Waals surface area contributed by atoms with E-state index in [1.807, 2.05) is 18.6 Å². The van der Waals surface area contributed by atoms with Gasteiger partial charge in [-0.1, -0.05) is 13.8 Å². The van der Waals surface area contributed by atoms with E-state index in [1.54, 1.807) is 0 Å². The Kier molecular flexibility index (Phi) is 1.78.